The number of amides is 1. The van der Waals surface area contributed by atoms with Crippen LogP contribution in [0.5, 0.6) is 0 Å². The van der Waals surface area contributed by atoms with E-state index in [1.807, 2.05) is 24.0 Å². The van der Waals surface area contributed by atoms with E-state index in [-0.39, 0.29) is 5.91 Å². The van der Waals surface area contributed by atoms with E-state index in [2.05, 4.69) is 12.1 Å². The SMILES string of the molecule is CC(N)(C(=O)N1Cc2ccccc2C1)C1CC1. The van der Waals surface area contributed by atoms with Crippen molar-refractivity contribution in [3.63, 3.8) is 0 Å². The predicted octanol–water partition coefficient (Wildman–Crippen LogP) is 1.66. The molecule has 2 N–H and O–H groups in total. The van der Waals surface area contributed by atoms with Crippen molar-refractivity contribution in [2.45, 2.75) is 38.4 Å². The molecule has 0 aromatic heterocycles. The van der Waals surface area contributed by atoms with Gasteiger partial charge in [0.15, 0.2) is 0 Å². The Kier molecular flexibility index (Phi) is 2.26. The summed E-state index contributed by atoms with van der Waals surface area (Å²) in [5, 5.41) is 0. The van der Waals surface area contributed by atoms with E-state index in [0.717, 1.165) is 12.8 Å². The van der Waals surface area contributed by atoms with Crippen molar-refractivity contribution >= 4 is 5.91 Å². The van der Waals surface area contributed by atoms with E-state index in [1.54, 1.807) is 0 Å². The zero-order valence-corrected chi connectivity index (χ0v) is 10.1. The molecule has 0 radical (unpaired) electrons. The first kappa shape index (κ1) is 10.8. The van der Waals surface area contributed by atoms with E-state index in [0.29, 0.717) is 19.0 Å². The van der Waals surface area contributed by atoms with Gasteiger partial charge in [0.1, 0.15) is 0 Å². The van der Waals surface area contributed by atoms with Gasteiger partial charge >= 0.3 is 0 Å². The molecule has 1 aromatic carbocycles. The molecule has 90 valence electrons. The minimum Gasteiger partial charge on any atom is -0.332 e. The van der Waals surface area contributed by atoms with Crippen LogP contribution in [0.3, 0.4) is 0 Å². The molecular formula is C14H18N2O. The number of nitrogens with two attached hydrogens (primary N) is 1. The minimum absolute atomic E-state index is 0.108. The highest BCUT2D eigenvalue weighted by Gasteiger charge is 2.46. The summed E-state index contributed by atoms with van der Waals surface area (Å²) < 4.78 is 0. The molecule has 3 heteroatoms. The van der Waals surface area contributed by atoms with Gasteiger partial charge in [-0.2, -0.15) is 0 Å². The van der Waals surface area contributed by atoms with Crippen LogP contribution in [0, 0.1) is 5.92 Å². The monoisotopic (exact) mass is 230 g/mol. The molecule has 0 bridgehead atoms. The zero-order valence-electron chi connectivity index (χ0n) is 10.1. The van der Waals surface area contributed by atoms with Gasteiger partial charge in [0.2, 0.25) is 5.91 Å². The Balaban J connectivity index is 1.78. The Morgan fingerprint density at radius 1 is 1.29 bits per heavy atom. The smallest absolute Gasteiger partial charge is 0.243 e. The van der Waals surface area contributed by atoms with Crippen molar-refractivity contribution < 1.29 is 4.79 Å². The largest absolute Gasteiger partial charge is 0.332 e. The third-order valence-corrected chi connectivity index (χ3v) is 4.01. The lowest BCUT2D eigenvalue weighted by Gasteiger charge is -2.28. The minimum atomic E-state index is -0.665. The Bertz CT molecular complexity index is 438. The van der Waals surface area contributed by atoms with E-state index in [1.165, 1.54) is 11.1 Å². The van der Waals surface area contributed by atoms with Crippen LogP contribution in [-0.2, 0) is 17.9 Å². The second-order valence-electron chi connectivity index (χ2n) is 5.49. The molecule has 1 unspecified atom stereocenters. The van der Waals surface area contributed by atoms with Crippen molar-refractivity contribution in [3.05, 3.63) is 35.4 Å². The van der Waals surface area contributed by atoms with Crippen molar-refractivity contribution in [1.29, 1.82) is 0 Å². The number of benzene rings is 1. The number of carbonyl (C=O) groups excluding carboxylic acids is 1. The fourth-order valence-electron chi connectivity index (χ4n) is 2.68. The second kappa shape index (κ2) is 3.57. The van der Waals surface area contributed by atoms with Crippen LogP contribution in [0.4, 0.5) is 0 Å². The Hall–Kier alpha value is -1.35. The van der Waals surface area contributed by atoms with Crippen molar-refractivity contribution in [2.75, 3.05) is 0 Å². The third kappa shape index (κ3) is 1.75. The third-order valence-electron chi connectivity index (χ3n) is 4.01. The fraction of sp³-hybridized carbons (Fsp3) is 0.500. The number of rotatable bonds is 2. The summed E-state index contributed by atoms with van der Waals surface area (Å²) in [6.45, 7) is 3.32. The average molecular weight is 230 g/mol. The molecule has 1 aromatic rings. The quantitative estimate of drug-likeness (QED) is 0.839. The predicted molar refractivity (Wildman–Crippen MR) is 66.0 cm³/mol. The zero-order chi connectivity index (χ0) is 12.0. The number of fused-ring (bicyclic) bond motifs is 1. The van der Waals surface area contributed by atoms with Gasteiger partial charge in [-0.15, -0.1) is 0 Å². The number of hydrogen-bond donors (Lipinski definition) is 1. The lowest BCUT2D eigenvalue weighted by Crippen LogP contribution is -2.53. The van der Waals surface area contributed by atoms with E-state index >= 15 is 0 Å². The van der Waals surface area contributed by atoms with Gasteiger partial charge in [0.05, 0.1) is 5.54 Å². The summed E-state index contributed by atoms with van der Waals surface area (Å²) in [5.74, 6) is 0.495. The summed E-state index contributed by atoms with van der Waals surface area (Å²) in [5.41, 5.74) is 8.04. The number of carbonyl (C=O) groups is 1. The van der Waals surface area contributed by atoms with Crippen molar-refractivity contribution in [1.82, 2.24) is 4.90 Å². The number of nitrogens with zero attached hydrogens (tertiary/aromatic N) is 1. The van der Waals surface area contributed by atoms with Gasteiger partial charge in [-0.1, -0.05) is 24.3 Å². The molecule has 0 saturated heterocycles. The lowest BCUT2D eigenvalue weighted by atomic mass is 9.95. The van der Waals surface area contributed by atoms with Gasteiger partial charge in [0, 0.05) is 13.1 Å². The van der Waals surface area contributed by atoms with Gasteiger partial charge in [-0.3, -0.25) is 4.79 Å². The Morgan fingerprint density at radius 3 is 2.29 bits per heavy atom. The maximum atomic E-state index is 12.4. The molecule has 1 heterocycles. The molecule has 3 rings (SSSR count). The maximum Gasteiger partial charge on any atom is 0.243 e. The van der Waals surface area contributed by atoms with Crippen LogP contribution < -0.4 is 5.73 Å². The van der Waals surface area contributed by atoms with Crippen LogP contribution in [-0.4, -0.2) is 16.3 Å². The highest BCUT2D eigenvalue weighted by atomic mass is 16.2. The molecule has 1 fully saturated rings. The van der Waals surface area contributed by atoms with Crippen LogP contribution in [0.2, 0.25) is 0 Å². The molecular weight excluding hydrogens is 212 g/mol. The highest BCUT2D eigenvalue weighted by Crippen LogP contribution is 2.40. The van der Waals surface area contributed by atoms with Crippen molar-refractivity contribution in [2.24, 2.45) is 11.7 Å². The van der Waals surface area contributed by atoms with E-state index in [9.17, 15) is 4.79 Å². The van der Waals surface area contributed by atoms with Gasteiger partial charge in [-0.25, -0.2) is 0 Å². The second-order valence-corrected chi connectivity index (χ2v) is 5.49. The van der Waals surface area contributed by atoms with E-state index < -0.39 is 5.54 Å². The van der Waals surface area contributed by atoms with Gasteiger partial charge < -0.3 is 10.6 Å². The summed E-state index contributed by atoms with van der Waals surface area (Å²) in [6.07, 6.45) is 2.19. The molecule has 2 aliphatic rings. The molecule has 1 aliphatic carbocycles. The molecule has 1 atom stereocenters. The van der Waals surface area contributed by atoms with Crippen molar-refractivity contribution in [3.8, 4) is 0 Å². The Labute approximate surface area is 102 Å². The summed E-state index contributed by atoms with van der Waals surface area (Å²) >= 11 is 0. The first-order valence-corrected chi connectivity index (χ1v) is 6.24. The first-order chi connectivity index (χ1) is 8.09. The lowest BCUT2D eigenvalue weighted by molar-refractivity contribution is -0.137. The molecule has 3 nitrogen and oxygen atoms in total. The van der Waals surface area contributed by atoms with Crippen LogP contribution >= 0.6 is 0 Å². The normalized spacial score (nSPS) is 22.1. The Morgan fingerprint density at radius 2 is 1.82 bits per heavy atom. The van der Waals surface area contributed by atoms with E-state index in [4.69, 9.17) is 5.73 Å². The molecule has 17 heavy (non-hydrogen) atoms. The topological polar surface area (TPSA) is 46.3 Å². The summed E-state index contributed by atoms with van der Waals surface area (Å²) in [7, 11) is 0. The first-order valence-electron chi connectivity index (χ1n) is 6.24. The fourth-order valence-corrected chi connectivity index (χ4v) is 2.68. The maximum absolute atomic E-state index is 12.4. The van der Waals surface area contributed by atoms with Gasteiger partial charge in [-0.05, 0) is 36.8 Å². The highest BCUT2D eigenvalue weighted by molar-refractivity contribution is 5.87. The molecule has 1 saturated carbocycles. The van der Waals surface area contributed by atoms with Crippen LogP contribution in [0.25, 0.3) is 0 Å². The summed E-state index contributed by atoms with van der Waals surface area (Å²) in [6, 6.07) is 8.23. The van der Waals surface area contributed by atoms with Gasteiger partial charge in [0.25, 0.3) is 0 Å². The number of hydrogen-bond acceptors (Lipinski definition) is 2. The van der Waals surface area contributed by atoms with Crippen LogP contribution in [0.15, 0.2) is 24.3 Å². The molecule has 0 spiro atoms. The standard InChI is InChI=1S/C14H18N2O/c1-14(15,12-6-7-12)13(17)16-8-10-4-2-3-5-11(10)9-16/h2-5,12H,6-9,15H2,1H3. The average Bonchev–Trinajstić information content (AvgIpc) is 3.08. The molecule has 1 amide bonds. The molecule has 1 aliphatic heterocycles. The van der Waals surface area contributed by atoms with Crippen LogP contribution in [0.1, 0.15) is 30.9 Å². The summed E-state index contributed by atoms with van der Waals surface area (Å²) in [4.78, 5) is 14.3.